The fourth-order valence-corrected chi connectivity index (χ4v) is 1.31. The molecule has 5 nitrogen and oxygen atoms in total. The Morgan fingerprint density at radius 3 is 2.54 bits per heavy atom. The predicted molar refractivity (Wildman–Crippen MR) is 42.1 cm³/mol. The van der Waals surface area contributed by atoms with Crippen LogP contribution in [0.15, 0.2) is 0 Å². The van der Waals surface area contributed by atoms with Crippen molar-refractivity contribution in [3.63, 3.8) is 0 Å². The van der Waals surface area contributed by atoms with Crippen molar-refractivity contribution in [2.45, 2.75) is 19.1 Å². The van der Waals surface area contributed by atoms with Gasteiger partial charge >= 0.3 is 5.97 Å². The predicted octanol–water partition coefficient (Wildman–Crippen LogP) is 0.0392. The zero-order valence-electron chi connectivity index (χ0n) is 7.36. The van der Waals surface area contributed by atoms with Gasteiger partial charge < -0.3 is 19.4 Å². The van der Waals surface area contributed by atoms with E-state index >= 15 is 0 Å². The summed E-state index contributed by atoms with van der Waals surface area (Å²) in [7, 11) is 0. The van der Waals surface area contributed by atoms with Crippen molar-refractivity contribution in [2.24, 2.45) is 5.92 Å². The second-order valence-corrected chi connectivity index (χ2v) is 3.00. The van der Waals surface area contributed by atoms with Crippen molar-refractivity contribution in [2.75, 3.05) is 13.2 Å². The highest BCUT2D eigenvalue weighted by molar-refractivity contribution is 5.69. The maximum absolute atomic E-state index is 10.5. The van der Waals surface area contributed by atoms with Gasteiger partial charge in [0.2, 0.25) is 0 Å². The van der Waals surface area contributed by atoms with Gasteiger partial charge in [0.25, 0.3) is 0 Å². The molecule has 0 spiro atoms. The summed E-state index contributed by atoms with van der Waals surface area (Å²) < 4.78 is 10.3. The molecule has 1 atom stereocenters. The molecule has 1 unspecified atom stereocenters. The SMILES string of the molecule is CC(C=O)C1(CC(=O)O)OCCO1. The lowest BCUT2D eigenvalue weighted by Crippen LogP contribution is -2.40. The minimum absolute atomic E-state index is 0.299. The Morgan fingerprint density at radius 2 is 2.15 bits per heavy atom. The van der Waals surface area contributed by atoms with Gasteiger partial charge in [-0.1, -0.05) is 6.92 Å². The number of aliphatic carboxylic acids is 1. The zero-order chi connectivity index (χ0) is 9.90. The van der Waals surface area contributed by atoms with E-state index in [0.717, 1.165) is 0 Å². The fourth-order valence-electron chi connectivity index (χ4n) is 1.31. The third kappa shape index (κ3) is 2.05. The van der Waals surface area contributed by atoms with Crippen LogP contribution in [0.5, 0.6) is 0 Å². The van der Waals surface area contributed by atoms with Gasteiger partial charge in [0, 0.05) is 0 Å². The lowest BCUT2D eigenvalue weighted by atomic mass is 9.99. The highest BCUT2D eigenvalue weighted by Gasteiger charge is 2.44. The van der Waals surface area contributed by atoms with E-state index in [-0.39, 0.29) is 6.42 Å². The summed E-state index contributed by atoms with van der Waals surface area (Å²) in [5, 5.41) is 8.61. The first kappa shape index (κ1) is 10.1. The van der Waals surface area contributed by atoms with Crippen LogP contribution in [0.4, 0.5) is 0 Å². The van der Waals surface area contributed by atoms with Crippen LogP contribution in [-0.4, -0.2) is 36.4 Å². The smallest absolute Gasteiger partial charge is 0.308 e. The Bertz CT molecular complexity index is 207. The molecule has 0 amide bonds. The van der Waals surface area contributed by atoms with E-state index in [9.17, 15) is 9.59 Å². The average molecular weight is 188 g/mol. The lowest BCUT2D eigenvalue weighted by Gasteiger charge is -2.28. The number of carboxylic acid groups (broad SMARTS) is 1. The normalized spacial score (nSPS) is 22.5. The first-order valence-electron chi connectivity index (χ1n) is 4.06. The molecule has 1 heterocycles. The minimum Gasteiger partial charge on any atom is -0.481 e. The summed E-state index contributed by atoms with van der Waals surface area (Å²) in [5.41, 5.74) is 0. The first-order valence-corrected chi connectivity index (χ1v) is 4.06. The molecular formula is C8H12O5. The topological polar surface area (TPSA) is 72.8 Å². The summed E-state index contributed by atoms with van der Waals surface area (Å²) >= 11 is 0. The van der Waals surface area contributed by atoms with Crippen LogP contribution in [0, 0.1) is 5.92 Å². The van der Waals surface area contributed by atoms with E-state index in [1.54, 1.807) is 6.92 Å². The monoisotopic (exact) mass is 188 g/mol. The standard InChI is InChI=1S/C8H12O5/c1-6(5-9)8(4-7(10)11)12-2-3-13-8/h5-6H,2-4H2,1H3,(H,10,11). The zero-order valence-corrected chi connectivity index (χ0v) is 7.36. The molecule has 1 aliphatic rings. The van der Waals surface area contributed by atoms with Crippen LogP contribution >= 0.6 is 0 Å². The maximum atomic E-state index is 10.5. The Hall–Kier alpha value is -0.940. The number of hydrogen-bond acceptors (Lipinski definition) is 4. The first-order chi connectivity index (χ1) is 6.10. The van der Waals surface area contributed by atoms with Crippen LogP contribution in [0.25, 0.3) is 0 Å². The summed E-state index contributed by atoms with van der Waals surface area (Å²) in [6.07, 6.45) is 0.348. The molecule has 1 saturated heterocycles. The van der Waals surface area contributed by atoms with E-state index in [2.05, 4.69) is 0 Å². The number of aldehydes is 1. The second kappa shape index (κ2) is 3.85. The van der Waals surface area contributed by atoms with Crippen molar-refractivity contribution in [3.8, 4) is 0 Å². The van der Waals surface area contributed by atoms with E-state index in [1.807, 2.05) is 0 Å². The van der Waals surface area contributed by atoms with Crippen LogP contribution < -0.4 is 0 Å². The molecule has 0 bridgehead atoms. The Morgan fingerprint density at radius 1 is 1.62 bits per heavy atom. The summed E-state index contributed by atoms with van der Waals surface area (Å²) in [5.74, 6) is -2.84. The number of carbonyl (C=O) groups is 2. The number of carbonyl (C=O) groups excluding carboxylic acids is 1. The van der Waals surface area contributed by atoms with Gasteiger partial charge in [-0.3, -0.25) is 4.79 Å². The molecule has 0 aromatic carbocycles. The van der Waals surface area contributed by atoms with Crippen LogP contribution in [0.3, 0.4) is 0 Å². The molecule has 74 valence electrons. The number of hydrogen-bond donors (Lipinski definition) is 1. The molecule has 0 saturated carbocycles. The van der Waals surface area contributed by atoms with E-state index in [1.165, 1.54) is 0 Å². The molecule has 5 heteroatoms. The molecule has 1 N–H and O–H groups in total. The highest BCUT2D eigenvalue weighted by Crippen LogP contribution is 2.30. The highest BCUT2D eigenvalue weighted by atomic mass is 16.7. The molecule has 1 rings (SSSR count). The van der Waals surface area contributed by atoms with Crippen molar-refractivity contribution in [3.05, 3.63) is 0 Å². The molecule has 0 aromatic heterocycles. The van der Waals surface area contributed by atoms with Gasteiger partial charge in [0.05, 0.1) is 19.1 Å². The number of ether oxygens (including phenoxy) is 2. The number of rotatable bonds is 4. The largest absolute Gasteiger partial charge is 0.481 e. The van der Waals surface area contributed by atoms with E-state index < -0.39 is 17.7 Å². The third-order valence-corrected chi connectivity index (χ3v) is 2.07. The third-order valence-electron chi connectivity index (χ3n) is 2.07. The second-order valence-electron chi connectivity index (χ2n) is 3.00. The molecule has 0 aromatic rings. The lowest BCUT2D eigenvalue weighted by molar-refractivity contribution is -0.199. The molecule has 0 aliphatic carbocycles. The number of carboxylic acids is 1. The van der Waals surface area contributed by atoms with Crippen molar-refractivity contribution < 1.29 is 24.2 Å². The Balaban J connectivity index is 2.73. The van der Waals surface area contributed by atoms with Gasteiger partial charge in [-0.05, 0) is 0 Å². The van der Waals surface area contributed by atoms with Gasteiger partial charge in [0.15, 0.2) is 5.79 Å². The van der Waals surface area contributed by atoms with E-state index in [4.69, 9.17) is 14.6 Å². The molecule has 0 radical (unpaired) electrons. The van der Waals surface area contributed by atoms with Crippen molar-refractivity contribution in [1.29, 1.82) is 0 Å². The average Bonchev–Trinajstić information content (AvgIpc) is 2.51. The molecule has 13 heavy (non-hydrogen) atoms. The Labute approximate surface area is 75.6 Å². The quantitative estimate of drug-likeness (QED) is 0.630. The minimum atomic E-state index is -1.24. The summed E-state index contributed by atoms with van der Waals surface area (Å²) in [6.45, 7) is 2.26. The van der Waals surface area contributed by atoms with Gasteiger partial charge in [0.1, 0.15) is 12.7 Å². The van der Waals surface area contributed by atoms with Gasteiger partial charge in [-0.2, -0.15) is 0 Å². The van der Waals surface area contributed by atoms with E-state index in [0.29, 0.717) is 19.5 Å². The Kier molecular flexibility index (Phi) is 3.00. The van der Waals surface area contributed by atoms with Gasteiger partial charge in [-0.25, -0.2) is 0 Å². The van der Waals surface area contributed by atoms with Crippen LogP contribution in [0.2, 0.25) is 0 Å². The van der Waals surface area contributed by atoms with Crippen LogP contribution in [0.1, 0.15) is 13.3 Å². The van der Waals surface area contributed by atoms with Crippen molar-refractivity contribution >= 4 is 12.3 Å². The molecular weight excluding hydrogens is 176 g/mol. The summed E-state index contributed by atoms with van der Waals surface area (Å²) in [6, 6.07) is 0. The van der Waals surface area contributed by atoms with Gasteiger partial charge in [-0.15, -0.1) is 0 Å². The fraction of sp³-hybridized carbons (Fsp3) is 0.750. The summed E-state index contributed by atoms with van der Waals surface area (Å²) in [4.78, 5) is 21.0. The maximum Gasteiger partial charge on any atom is 0.308 e. The van der Waals surface area contributed by atoms with Crippen LogP contribution in [-0.2, 0) is 19.1 Å². The van der Waals surface area contributed by atoms with Crippen molar-refractivity contribution in [1.82, 2.24) is 0 Å². The molecule has 1 aliphatic heterocycles. The molecule has 1 fully saturated rings.